The Kier molecular flexibility index (Phi) is 8.35. The van der Waals surface area contributed by atoms with Gasteiger partial charge in [-0.2, -0.15) is 0 Å². The van der Waals surface area contributed by atoms with Crippen LogP contribution in [0, 0.1) is 0 Å². The van der Waals surface area contributed by atoms with Crippen LogP contribution in [0.3, 0.4) is 0 Å². The highest BCUT2D eigenvalue weighted by atomic mass is 16.4. The summed E-state index contributed by atoms with van der Waals surface area (Å²) in [6.45, 7) is 0.745. The molecule has 0 fully saturated rings. The molecule has 1 unspecified atom stereocenters. The number of aliphatic hydroxyl groups excluding tert-OH is 1. The van der Waals surface area contributed by atoms with Crippen LogP contribution in [-0.2, 0) is 9.59 Å². The van der Waals surface area contributed by atoms with Crippen molar-refractivity contribution >= 4 is 11.9 Å². The first-order valence-corrected chi connectivity index (χ1v) is 5.82. The van der Waals surface area contributed by atoms with Gasteiger partial charge in [0.2, 0.25) is 5.91 Å². The fourth-order valence-corrected chi connectivity index (χ4v) is 1.43. The molecule has 0 radical (unpaired) electrons. The Morgan fingerprint density at radius 3 is 2.47 bits per heavy atom. The van der Waals surface area contributed by atoms with E-state index in [0.29, 0.717) is 6.54 Å². The fourth-order valence-electron chi connectivity index (χ4n) is 1.43. The number of nitrogens with zero attached hydrogens (tertiary/aromatic N) is 1. The Balaban J connectivity index is 3.82. The van der Waals surface area contributed by atoms with E-state index >= 15 is 0 Å². The zero-order valence-corrected chi connectivity index (χ0v) is 10.3. The lowest BCUT2D eigenvalue weighted by Crippen LogP contribution is -2.42. The first kappa shape index (κ1) is 15.9. The average molecular weight is 246 g/mol. The van der Waals surface area contributed by atoms with Gasteiger partial charge in [-0.05, 0) is 25.7 Å². The summed E-state index contributed by atoms with van der Waals surface area (Å²) >= 11 is 0. The topological polar surface area (TPSA) is 104 Å². The number of amides is 1. The van der Waals surface area contributed by atoms with E-state index in [1.165, 1.54) is 4.90 Å². The number of carboxylic acids is 1. The molecule has 0 bridgehead atoms. The summed E-state index contributed by atoms with van der Waals surface area (Å²) in [7, 11) is 1.65. The molecule has 100 valence electrons. The highest BCUT2D eigenvalue weighted by molar-refractivity contribution is 5.82. The maximum atomic E-state index is 11.7. The number of nitrogens with two attached hydrogens (primary N) is 1. The zero-order valence-electron chi connectivity index (χ0n) is 10.3. The Bertz CT molecular complexity index is 246. The quantitative estimate of drug-likeness (QED) is 0.489. The zero-order chi connectivity index (χ0) is 13.3. The van der Waals surface area contributed by atoms with Crippen LogP contribution < -0.4 is 5.73 Å². The lowest BCUT2D eigenvalue weighted by Gasteiger charge is -2.20. The smallest absolute Gasteiger partial charge is 0.303 e. The molecule has 0 aromatic rings. The van der Waals surface area contributed by atoms with E-state index in [0.717, 1.165) is 19.3 Å². The third-order valence-corrected chi connectivity index (χ3v) is 2.51. The van der Waals surface area contributed by atoms with Crippen molar-refractivity contribution in [2.75, 3.05) is 20.2 Å². The van der Waals surface area contributed by atoms with Crippen molar-refractivity contribution in [3.63, 3.8) is 0 Å². The Labute approximate surface area is 101 Å². The van der Waals surface area contributed by atoms with Gasteiger partial charge in [-0.3, -0.25) is 9.59 Å². The molecule has 6 heteroatoms. The molecule has 4 N–H and O–H groups in total. The van der Waals surface area contributed by atoms with Crippen molar-refractivity contribution in [3.8, 4) is 0 Å². The Morgan fingerprint density at radius 2 is 1.94 bits per heavy atom. The highest BCUT2D eigenvalue weighted by Gasteiger charge is 2.18. The van der Waals surface area contributed by atoms with Gasteiger partial charge in [-0.15, -0.1) is 0 Å². The SMILES string of the molecule is CN(CCCCCO)C(=O)C(N)CCC(=O)O. The van der Waals surface area contributed by atoms with Crippen LogP contribution in [0.4, 0.5) is 0 Å². The molecule has 0 aromatic heterocycles. The number of aliphatic hydroxyl groups is 1. The molecule has 0 rings (SSSR count). The summed E-state index contributed by atoms with van der Waals surface area (Å²) in [6, 6.07) is -0.742. The summed E-state index contributed by atoms with van der Waals surface area (Å²) < 4.78 is 0. The number of carboxylic acid groups (broad SMARTS) is 1. The maximum Gasteiger partial charge on any atom is 0.303 e. The van der Waals surface area contributed by atoms with E-state index in [9.17, 15) is 9.59 Å². The molecule has 0 spiro atoms. The summed E-state index contributed by atoms with van der Waals surface area (Å²) in [6.07, 6.45) is 2.47. The van der Waals surface area contributed by atoms with Gasteiger partial charge in [-0.1, -0.05) is 0 Å². The van der Waals surface area contributed by atoms with Gasteiger partial charge in [0.25, 0.3) is 0 Å². The van der Waals surface area contributed by atoms with Gasteiger partial charge in [0.15, 0.2) is 0 Å². The molecular formula is C11H22N2O4. The van der Waals surface area contributed by atoms with Gasteiger partial charge >= 0.3 is 5.97 Å². The van der Waals surface area contributed by atoms with Crippen LogP contribution in [-0.4, -0.2) is 53.2 Å². The summed E-state index contributed by atoms with van der Waals surface area (Å²) in [5, 5.41) is 17.1. The molecular weight excluding hydrogens is 224 g/mol. The lowest BCUT2D eigenvalue weighted by atomic mass is 10.1. The van der Waals surface area contributed by atoms with Gasteiger partial charge in [-0.25, -0.2) is 0 Å². The van der Waals surface area contributed by atoms with Gasteiger partial charge in [0.1, 0.15) is 0 Å². The van der Waals surface area contributed by atoms with Crippen LogP contribution in [0.1, 0.15) is 32.1 Å². The standard InChI is InChI=1S/C11H22N2O4/c1-13(7-3-2-4-8-14)11(17)9(12)5-6-10(15)16/h9,14H,2-8,12H2,1H3,(H,15,16). The number of carbonyl (C=O) groups is 2. The van der Waals surface area contributed by atoms with Crippen molar-refractivity contribution in [1.29, 1.82) is 0 Å². The second kappa shape index (κ2) is 8.95. The highest BCUT2D eigenvalue weighted by Crippen LogP contribution is 2.02. The average Bonchev–Trinajstić information content (AvgIpc) is 2.30. The number of rotatable bonds is 9. The fraction of sp³-hybridized carbons (Fsp3) is 0.818. The molecule has 0 saturated carbocycles. The van der Waals surface area contributed by atoms with Crippen molar-refractivity contribution in [2.24, 2.45) is 5.73 Å². The van der Waals surface area contributed by atoms with Gasteiger partial charge in [0, 0.05) is 26.6 Å². The number of carbonyl (C=O) groups excluding carboxylic acids is 1. The molecule has 0 saturated heterocycles. The monoisotopic (exact) mass is 246 g/mol. The first-order valence-electron chi connectivity index (χ1n) is 5.82. The second-order valence-corrected chi connectivity index (χ2v) is 4.08. The minimum Gasteiger partial charge on any atom is -0.481 e. The molecule has 1 amide bonds. The molecule has 0 aliphatic rings. The minimum atomic E-state index is -0.946. The van der Waals surface area contributed by atoms with Crippen LogP contribution in [0.5, 0.6) is 0 Å². The number of unbranched alkanes of at least 4 members (excludes halogenated alkanes) is 2. The molecule has 1 atom stereocenters. The van der Waals surface area contributed by atoms with E-state index in [-0.39, 0.29) is 25.4 Å². The predicted octanol–water partition coefficient (Wildman–Crippen LogP) is -0.200. The lowest BCUT2D eigenvalue weighted by molar-refractivity contribution is -0.137. The largest absolute Gasteiger partial charge is 0.481 e. The van der Waals surface area contributed by atoms with E-state index in [1.54, 1.807) is 7.05 Å². The van der Waals surface area contributed by atoms with E-state index in [4.69, 9.17) is 15.9 Å². The predicted molar refractivity (Wildman–Crippen MR) is 63.4 cm³/mol. The van der Waals surface area contributed by atoms with Crippen LogP contribution in [0.15, 0.2) is 0 Å². The number of aliphatic carboxylic acids is 1. The summed E-state index contributed by atoms with van der Waals surface area (Å²) in [5.74, 6) is -1.17. The summed E-state index contributed by atoms with van der Waals surface area (Å²) in [4.78, 5) is 23.5. The normalized spacial score (nSPS) is 12.2. The second-order valence-electron chi connectivity index (χ2n) is 4.08. The Morgan fingerprint density at radius 1 is 1.29 bits per heavy atom. The van der Waals surface area contributed by atoms with Gasteiger partial charge < -0.3 is 20.8 Å². The van der Waals surface area contributed by atoms with Crippen LogP contribution in [0.25, 0.3) is 0 Å². The van der Waals surface area contributed by atoms with Crippen LogP contribution in [0.2, 0.25) is 0 Å². The van der Waals surface area contributed by atoms with Crippen LogP contribution >= 0.6 is 0 Å². The molecule has 0 aliphatic carbocycles. The van der Waals surface area contributed by atoms with Crippen molar-refractivity contribution in [2.45, 2.75) is 38.1 Å². The van der Waals surface area contributed by atoms with Crippen molar-refractivity contribution in [1.82, 2.24) is 4.90 Å². The molecule has 0 aliphatic heterocycles. The number of hydrogen-bond acceptors (Lipinski definition) is 4. The van der Waals surface area contributed by atoms with Gasteiger partial charge in [0.05, 0.1) is 6.04 Å². The summed E-state index contributed by atoms with van der Waals surface area (Å²) in [5.41, 5.74) is 5.60. The molecule has 6 nitrogen and oxygen atoms in total. The third kappa shape index (κ3) is 7.70. The van der Waals surface area contributed by atoms with E-state index in [1.807, 2.05) is 0 Å². The minimum absolute atomic E-state index is 0.0920. The number of likely N-dealkylation sites (N-methyl/N-ethyl adjacent to an activating group) is 1. The van der Waals surface area contributed by atoms with E-state index < -0.39 is 12.0 Å². The first-order chi connectivity index (χ1) is 7.99. The molecule has 0 aromatic carbocycles. The Hall–Kier alpha value is -1.14. The maximum absolute atomic E-state index is 11.7. The molecule has 17 heavy (non-hydrogen) atoms. The third-order valence-electron chi connectivity index (χ3n) is 2.51. The van der Waals surface area contributed by atoms with Crippen molar-refractivity contribution < 1.29 is 19.8 Å². The van der Waals surface area contributed by atoms with Crippen molar-refractivity contribution in [3.05, 3.63) is 0 Å². The van der Waals surface area contributed by atoms with E-state index in [2.05, 4.69) is 0 Å². The molecule has 0 heterocycles. The number of hydrogen-bond donors (Lipinski definition) is 3.